The predicted octanol–water partition coefficient (Wildman–Crippen LogP) is 15.4. The number of nitrogens with zero attached hydrogens (tertiary/aromatic N) is 5. The maximum Gasteiger partial charge on any atom is 0.534 e. The lowest BCUT2D eigenvalue weighted by Gasteiger charge is -2.32. The smallest absolute Gasteiger partial charge is 0.457 e. The molecule has 502 valence electrons. The third-order valence-corrected chi connectivity index (χ3v) is 16.8. The number of carbonyl (C=O) groups is 4. The zero-order chi connectivity index (χ0) is 67.9. The third kappa shape index (κ3) is 19.8. The first-order chi connectivity index (χ1) is 45.3. The molecule has 6 heterocycles. The highest BCUT2D eigenvalue weighted by atomic mass is 32.2. The van der Waals surface area contributed by atoms with E-state index in [4.69, 9.17) is 18.9 Å². The Bertz CT molecular complexity index is 4070. The fourth-order valence-electron chi connectivity index (χ4n) is 11.2. The van der Waals surface area contributed by atoms with Crippen molar-refractivity contribution in [2.45, 2.75) is 115 Å². The van der Waals surface area contributed by atoms with Gasteiger partial charge < -0.3 is 43.1 Å². The predicted molar refractivity (Wildman–Crippen MR) is 358 cm³/mol. The van der Waals surface area contributed by atoms with Crippen molar-refractivity contribution in [3.05, 3.63) is 181 Å². The molecule has 2 unspecified atom stereocenters. The number of benzene rings is 6. The minimum Gasteiger partial charge on any atom is -0.457 e. The van der Waals surface area contributed by atoms with E-state index in [1.807, 2.05) is 123 Å². The van der Waals surface area contributed by atoms with Crippen molar-refractivity contribution in [1.82, 2.24) is 40.4 Å². The Balaban J connectivity index is 0.000000155. The molecule has 3 fully saturated rings. The van der Waals surface area contributed by atoms with Gasteiger partial charge in [-0.15, -0.1) is 0 Å². The summed E-state index contributed by atoms with van der Waals surface area (Å²) in [6, 6.07) is 45.1. The van der Waals surface area contributed by atoms with E-state index in [0.29, 0.717) is 24.8 Å². The van der Waals surface area contributed by atoms with E-state index >= 15 is 0 Å². The fourth-order valence-corrected chi connectivity index (χ4v) is 11.7. The highest BCUT2D eigenvalue weighted by Crippen LogP contribution is 2.38. The molecule has 23 heteroatoms. The molecule has 3 saturated heterocycles. The number of piperidine rings is 3. The van der Waals surface area contributed by atoms with Crippen molar-refractivity contribution < 1.29 is 63.9 Å². The normalized spacial score (nSPS) is 16.9. The first kappa shape index (κ1) is 69.9. The number of amides is 3. The first-order valence-electron chi connectivity index (χ1n) is 31.7. The summed E-state index contributed by atoms with van der Waals surface area (Å²) < 4.78 is 84.6. The van der Waals surface area contributed by atoms with Gasteiger partial charge in [-0.3, -0.25) is 19.8 Å². The van der Waals surface area contributed by atoms with Crippen LogP contribution in [0.25, 0.3) is 44.1 Å². The van der Waals surface area contributed by atoms with Crippen LogP contribution in [-0.4, -0.2) is 136 Å². The molecule has 3 N–H and O–H groups in total. The van der Waals surface area contributed by atoms with Gasteiger partial charge in [0.05, 0.1) is 36.5 Å². The Kier molecular flexibility index (Phi) is 22.9. The summed E-state index contributed by atoms with van der Waals surface area (Å²) in [5.74, 6) is 3.82. The number of aromatic amines is 2. The summed E-state index contributed by atoms with van der Waals surface area (Å²) in [7, 11) is -5.73. The molecule has 2 atom stereocenters. The molecule has 0 radical (unpaired) electrons. The summed E-state index contributed by atoms with van der Waals surface area (Å²) in [6.07, 6.45) is 11.3. The molecule has 0 bridgehead atoms. The van der Waals surface area contributed by atoms with Crippen LogP contribution >= 0.6 is 0 Å². The van der Waals surface area contributed by atoms with Gasteiger partial charge in [0, 0.05) is 67.0 Å². The molecule has 3 amide bonds. The number of rotatable bonds is 11. The zero-order valence-corrected chi connectivity index (χ0v) is 55.1. The lowest BCUT2D eigenvalue weighted by Crippen LogP contribution is -2.43. The standard InChI is InChI=1S/C27H25N3O2.C24H23N3O.C11H16F3NO5S.C10H17NO3/c1-2-26(31)30-14-6-7-20(18-30)21-15-22-17-28-29-27(22)25(16-21)19-10-12-24(13-11-19)32-23-8-4-3-5-9-23;1-2-6-21(7-3-1)28-22-10-8-17(9-11-22)23-14-19(18-5-4-12-25-15-18)13-20-16-26-27-24(20)23;1-10(2,3)19-9(16)15-6-4-5-8(7-15)20-21(17,18)11(12,13)14;1-10(2,3)14-9(13)11-6-4-5-8(12)7-11/h2-5,8-13,15-17,20H,1,6-7,14,18H2,(H,28,29);1-3,6-11,13-14,16,18,25H,4-5,12,15H2,(H,26,27);5H,4,6-7H2,1-3H3;4-7H2,1-3H3. The summed E-state index contributed by atoms with van der Waals surface area (Å²) >= 11 is 0. The number of nitrogens with one attached hydrogen (secondary N) is 3. The molecule has 4 aliphatic rings. The number of likely N-dealkylation sites (tertiary alicyclic amines) is 2. The number of hydrogen-bond acceptors (Lipinski definition) is 14. The Labute approximate surface area is 551 Å². The average Bonchev–Trinajstić information content (AvgIpc) is 1.75. The molecule has 8 aromatic rings. The third-order valence-electron chi connectivity index (χ3n) is 15.8. The van der Waals surface area contributed by atoms with Gasteiger partial charge in [-0.1, -0.05) is 67.2 Å². The molecule has 0 aliphatic carbocycles. The number of ether oxygens (including phenoxy) is 4. The van der Waals surface area contributed by atoms with Gasteiger partial charge in [-0.2, -0.15) is 31.8 Å². The van der Waals surface area contributed by atoms with Crippen LogP contribution in [0.5, 0.6) is 23.0 Å². The summed E-state index contributed by atoms with van der Waals surface area (Å²) in [4.78, 5) is 51.0. The maximum atomic E-state index is 12.2. The van der Waals surface area contributed by atoms with Crippen molar-refractivity contribution >= 4 is 55.8 Å². The van der Waals surface area contributed by atoms with Crippen LogP contribution < -0.4 is 14.8 Å². The fraction of sp³-hybridized carbons (Fsp3) is 0.361. The number of carbonyl (C=O) groups excluding carboxylic acids is 4. The van der Waals surface area contributed by atoms with Crippen molar-refractivity contribution in [1.29, 1.82) is 0 Å². The molecular formula is C72H81F3N8O11S. The lowest BCUT2D eigenvalue weighted by atomic mass is 9.87. The molecule has 6 aromatic carbocycles. The number of hydrogen-bond donors (Lipinski definition) is 3. The lowest BCUT2D eigenvalue weighted by molar-refractivity contribution is -0.127. The number of fused-ring (bicyclic) bond motifs is 2. The quantitative estimate of drug-likeness (QED) is 0.0622. The van der Waals surface area contributed by atoms with Gasteiger partial charge in [0.1, 0.15) is 40.0 Å². The van der Waals surface area contributed by atoms with E-state index in [1.54, 1.807) is 20.8 Å². The van der Waals surface area contributed by atoms with Crippen LogP contribution in [-0.2, 0) is 33.4 Å². The second kappa shape index (κ2) is 31.2. The van der Waals surface area contributed by atoms with E-state index < -0.39 is 45.2 Å². The van der Waals surface area contributed by atoms with Gasteiger partial charge >= 0.3 is 27.8 Å². The highest BCUT2D eigenvalue weighted by molar-refractivity contribution is 7.87. The van der Waals surface area contributed by atoms with Gasteiger partial charge in [-0.05, 0) is 200 Å². The Morgan fingerprint density at radius 2 is 1.09 bits per heavy atom. The van der Waals surface area contributed by atoms with E-state index in [0.717, 1.165) is 101 Å². The van der Waals surface area contributed by atoms with Crippen molar-refractivity contribution in [3.8, 4) is 45.3 Å². The Hall–Kier alpha value is -9.48. The summed E-state index contributed by atoms with van der Waals surface area (Å²) in [5, 5.41) is 20.7. The van der Waals surface area contributed by atoms with E-state index in [2.05, 4.69) is 85.0 Å². The summed E-state index contributed by atoms with van der Waals surface area (Å²) in [6.45, 7) is 18.3. The number of para-hydroxylation sites is 2. The monoisotopic (exact) mass is 1320 g/mol. The van der Waals surface area contributed by atoms with Crippen molar-refractivity contribution in [2.24, 2.45) is 0 Å². The number of aromatic nitrogens is 4. The molecular weight excluding hydrogens is 1240 g/mol. The zero-order valence-electron chi connectivity index (χ0n) is 54.2. The molecule has 95 heavy (non-hydrogen) atoms. The highest BCUT2D eigenvalue weighted by Gasteiger charge is 2.49. The second-order valence-electron chi connectivity index (χ2n) is 25.4. The van der Waals surface area contributed by atoms with E-state index in [-0.39, 0.29) is 37.3 Å². The molecule has 12 rings (SSSR count). The summed E-state index contributed by atoms with van der Waals surface area (Å²) in [5.41, 5.74) is 2.52. The van der Waals surface area contributed by atoms with Gasteiger partial charge in [0.25, 0.3) is 0 Å². The largest absolute Gasteiger partial charge is 0.534 e. The van der Waals surface area contributed by atoms with Crippen LogP contribution in [0.15, 0.2) is 170 Å². The van der Waals surface area contributed by atoms with Crippen LogP contribution in [0.4, 0.5) is 22.8 Å². The minimum absolute atomic E-state index is 0.00770. The number of Topliss-reactive ketones (excluding diaryl/α,β-unsaturated/α-hetero) is 1. The second-order valence-corrected chi connectivity index (χ2v) is 27.0. The van der Waals surface area contributed by atoms with E-state index in [9.17, 15) is 40.8 Å². The molecule has 0 saturated carbocycles. The maximum absolute atomic E-state index is 12.2. The van der Waals surface area contributed by atoms with Crippen LogP contribution in [0.2, 0.25) is 0 Å². The van der Waals surface area contributed by atoms with E-state index in [1.165, 1.54) is 57.5 Å². The molecule has 4 aliphatic heterocycles. The number of alkyl halides is 3. The molecule has 2 aromatic heterocycles. The first-order valence-corrected chi connectivity index (χ1v) is 33.1. The topological polar surface area (TPSA) is 228 Å². The number of halogens is 3. The van der Waals surface area contributed by atoms with Crippen LogP contribution in [0.3, 0.4) is 0 Å². The average molecular weight is 1320 g/mol. The van der Waals surface area contributed by atoms with Gasteiger partial charge in [0.2, 0.25) is 5.91 Å². The van der Waals surface area contributed by atoms with Crippen LogP contribution in [0, 0.1) is 0 Å². The van der Waals surface area contributed by atoms with Crippen molar-refractivity contribution in [3.63, 3.8) is 0 Å². The van der Waals surface area contributed by atoms with Gasteiger partial charge in [-0.25, -0.2) is 9.59 Å². The minimum atomic E-state index is -5.73. The number of H-pyrrole nitrogens is 2. The van der Waals surface area contributed by atoms with Gasteiger partial charge in [0.15, 0.2) is 5.78 Å². The Morgan fingerprint density at radius 1 is 0.611 bits per heavy atom. The SMILES string of the molecule is C=CC(=O)N1CCCC(c2cc(-c3ccc(Oc4ccccc4)cc3)c3[nH]ncc3c2)C1.CC(C)(C)OC(=O)N1CCC=C(OS(=O)(=O)C(F)(F)F)C1.CC(C)(C)OC(=O)N1CCCC(=O)C1.c1ccc(Oc2ccc(-c3cc(C4CCCNC4)cc4cn[nH]c34)cc2)cc1. The Morgan fingerprint density at radius 3 is 1.57 bits per heavy atom. The molecule has 19 nitrogen and oxygen atoms in total. The van der Waals surface area contributed by atoms with Crippen molar-refractivity contribution in [2.75, 3.05) is 52.4 Å². The molecule has 0 spiro atoms. The number of ketones is 1. The van der Waals surface area contributed by atoms with Crippen LogP contribution in [0.1, 0.15) is 109 Å².